The van der Waals surface area contributed by atoms with Crippen LogP contribution in [0.15, 0.2) is 18.2 Å². The number of aryl methyl sites for hydroxylation is 2. The van der Waals surface area contributed by atoms with Crippen LogP contribution >= 0.6 is 12.2 Å². The fourth-order valence-electron chi connectivity index (χ4n) is 1.67. The molecule has 0 heterocycles. The van der Waals surface area contributed by atoms with Gasteiger partial charge in [0, 0.05) is 19.3 Å². The summed E-state index contributed by atoms with van der Waals surface area (Å²) in [5.41, 5.74) is 3.67. The molecule has 0 aliphatic heterocycles. The highest BCUT2D eigenvalue weighted by atomic mass is 32.1. The zero-order chi connectivity index (χ0) is 13.0. The van der Waals surface area contributed by atoms with E-state index in [-0.39, 0.29) is 0 Å². The van der Waals surface area contributed by atoms with Gasteiger partial charge in [-0.1, -0.05) is 19.9 Å². The number of anilines is 1. The summed E-state index contributed by atoms with van der Waals surface area (Å²) in [6.45, 7) is 9.47. The van der Waals surface area contributed by atoms with Crippen molar-refractivity contribution < 1.29 is 0 Å². The molecule has 0 spiro atoms. The van der Waals surface area contributed by atoms with Crippen molar-refractivity contribution in [3.8, 4) is 0 Å². The van der Waals surface area contributed by atoms with Crippen molar-refractivity contribution in [2.24, 2.45) is 5.92 Å². The van der Waals surface area contributed by atoms with E-state index >= 15 is 0 Å². The molecule has 1 N–H and O–H groups in total. The van der Waals surface area contributed by atoms with Crippen LogP contribution in [0.4, 0.5) is 5.69 Å². The number of hydrogen-bond donors (Lipinski definition) is 1. The molecule has 0 aliphatic rings. The molecule has 2 nitrogen and oxygen atoms in total. The van der Waals surface area contributed by atoms with Crippen LogP contribution in [0.2, 0.25) is 0 Å². The van der Waals surface area contributed by atoms with Crippen LogP contribution in [0.5, 0.6) is 0 Å². The lowest BCUT2D eigenvalue weighted by Crippen LogP contribution is -2.38. The van der Waals surface area contributed by atoms with Gasteiger partial charge in [-0.25, -0.2) is 0 Å². The summed E-state index contributed by atoms with van der Waals surface area (Å²) < 4.78 is 0. The Kier molecular flexibility index (Phi) is 4.94. The van der Waals surface area contributed by atoms with Gasteiger partial charge < -0.3 is 10.2 Å². The fourth-order valence-corrected chi connectivity index (χ4v) is 1.86. The summed E-state index contributed by atoms with van der Waals surface area (Å²) in [6, 6.07) is 6.47. The van der Waals surface area contributed by atoms with Gasteiger partial charge in [0.15, 0.2) is 5.11 Å². The standard InChI is InChI=1S/C14H22N2S/c1-10(2)9-15-14(17)16(5)13-7-11(3)6-12(4)8-13/h6-8,10H,9H2,1-5H3,(H,15,17). The van der Waals surface area contributed by atoms with Crippen molar-refractivity contribution in [3.05, 3.63) is 29.3 Å². The Morgan fingerprint density at radius 3 is 2.24 bits per heavy atom. The van der Waals surface area contributed by atoms with Crippen molar-refractivity contribution in [3.63, 3.8) is 0 Å². The maximum absolute atomic E-state index is 5.38. The predicted molar refractivity (Wildman–Crippen MR) is 79.8 cm³/mol. The van der Waals surface area contributed by atoms with E-state index in [1.165, 1.54) is 11.1 Å². The highest BCUT2D eigenvalue weighted by Crippen LogP contribution is 2.17. The number of benzene rings is 1. The highest BCUT2D eigenvalue weighted by Gasteiger charge is 2.07. The first-order valence-corrected chi connectivity index (χ1v) is 6.41. The van der Waals surface area contributed by atoms with Gasteiger partial charge in [-0.15, -0.1) is 0 Å². The van der Waals surface area contributed by atoms with E-state index in [9.17, 15) is 0 Å². The van der Waals surface area contributed by atoms with E-state index in [1.54, 1.807) is 0 Å². The molecule has 0 fully saturated rings. The topological polar surface area (TPSA) is 15.3 Å². The lowest BCUT2D eigenvalue weighted by Gasteiger charge is -2.22. The summed E-state index contributed by atoms with van der Waals surface area (Å²) in [7, 11) is 2.00. The van der Waals surface area contributed by atoms with Crippen molar-refractivity contribution in [1.29, 1.82) is 0 Å². The molecule has 0 aromatic heterocycles. The highest BCUT2D eigenvalue weighted by molar-refractivity contribution is 7.80. The van der Waals surface area contributed by atoms with Gasteiger partial charge in [0.25, 0.3) is 0 Å². The third-order valence-electron chi connectivity index (χ3n) is 2.56. The summed E-state index contributed by atoms with van der Waals surface area (Å²) in [5.74, 6) is 0.598. The maximum Gasteiger partial charge on any atom is 0.173 e. The van der Waals surface area contributed by atoms with E-state index in [1.807, 2.05) is 11.9 Å². The quantitative estimate of drug-likeness (QED) is 0.829. The molecule has 0 saturated carbocycles. The van der Waals surface area contributed by atoms with Gasteiger partial charge in [-0.05, 0) is 55.2 Å². The van der Waals surface area contributed by atoms with Crippen molar-refractivity contribution in [2.45, 2.75) is 27.7 Å². The van der Waals surface area contributed by atoms with E-state index in [0.29, 0.717) is 5.92 Å². The minimum atomic E-state index is 0.598. The fraction of sp³-hybridized carbons (Fsp3) is 0.500. The molecule has 0 atom stereocenters. The number of hydrogen-bond acceptors (Lipinski definition) is 1. The first-order chi connectivity index (χ1) is 7.90. The second-order valence-electron chi connectivity index (χ2n) is 4.98. The van der Waals surface area contributed by atoms with Gasteiger partial charge in [-0.3, -0.25) is 0 Å². The molecule has 94 valence electrons. The number of thiocarbonyl (C=S) groups is 1. The number of nitrogens with one attached hydrogen (secondary N) is 1. The van der Waals surface area contributed by atoms with Crippen molar-refractivity contribution in [2.75, 3.05) is 18.5 Å². The molecule has 0 aliphatic carbocycles. The van der Waals surface area contributed by atoms with Gasteiger partial charge >= 0.3 is 0 Å². The van der Waals surface area contributed by atoms with Crippen molar-refractivity contribution >= 4 is 23.0 Å². The number of rotatable bonds is 3. The van der Waals surface area contributed by atoms with E-state index in [0.717, 1.165) is 17.3 Å². The Hall–Kier alpha value is -1.09. The summed E-state index contributed by atoms with van der Waals surface area (Å²) in [4.78, 5) is 2.03. The van der Waals surface area contributed by atoms with Crippen LogP contribution < -0.4 is 10.2 Å². The SMILES string of the molecule is Cc1cc(C)cc(N(C)C(=S)NCC(C)C)c1. The zero-order valence-corrected chi connectivity index (χ0v) is 12.2. The molecular weight excluding hydrogens is 228 g/mol. The lowest BCUT2D eigenvalue weighted by atomic mass is 10.1. The second-order valence-corrected chi connectivity index (χ2v) is 5.37. The molecule has 1 aromatic rings. The van der Waals surface area contributed by atoms with Gasteiger partial charge in [0.2, 0.25) is 0 Å². The normalized spacial score (nSPS) is 10.5. The Balaban J connectivity index is 2.74. The first kappa shape index (κ1) is 14.0. The third-order valence-corrected chi connectivity index (χ3v) is 2.98. The van der Waals surface area contributed by atoms with Crippen LogP contribution in [0.1, 0.15) is 25.0 Å². The maximum atomic E-state index is 5.38. The molecular formula is C14H22N2S. The molecule has 1 aromatic carbocycles. The van der Waals surface area contributed by atoms with Crippen LogP contribution in [0.3, 0.4) is 0 Å². The molecule has 3 heteroatoms. The second kappa shape index (κ2) is 6.01. The van der Waals surface area contributed by atoms with Gasteiger partial charge in [-0.2, -0.15) is 0 Å². The zero-order valence-electron chi connectivity index (χ0n) is 11.4. The smallest absolute Gasteiger partial charge is 0.173 e. The predicted octanol–water partition coefficient (Wildman–Crippen LogP) is 3.27. The van der Waals surface area contributed by atoms with Gasteiger partial charge in [0.1, 0.15) is 0 Å². The van der Waals surface area contributed by atoms with Gasteiger partial charge in [0.05, 0.1) is 0 Å². The van der Waals surface area contributed by atoms with E-state index < -0.39 is 0 Å². The Morgan fingerprint density at radius 2 is 1.76 bits per heavy atom. The molecule has 0 radical (unpaired) electrons. The lowest BCUT2D eigenvalue weighted by molar-refractivity contribution is 0.625. The van der Waals surface area contributed by atoms with Crippen LogP contribution in [0, 0.1) is 19.8 Å². The molecule has 0 amide bonds. The molecule has 0 bridgehead atoms. The summed E-state index contributed by atoms with van der Waals surface area (Å²) >= 11 is 5.38. The Labute approximate surface area is 110 Å². The molecule has 1 rings (SSSR count). The monoisotopic (exact) mass is 250 g/mol. The third kappa shape index (κ3) is 4.35. The van der Waals surface area contributed by atoms with Crippen LogP contribution in [0.25, 0.3) is 0 Å². The Morgan fingerprint density at radius 1 is 1.24 bits per heavy atom. The number of nitrogens with zero attached hydrogens (tertiary/aromatic N) is 1. The summed E-state index contributed by atoms with van der Waals surface area (Å²) in [5, 5.41) is 4.06. The Bertz CT molecular complexity index is 379. The minimum absolute atomic E-state index is 0.598. The first-order valence-electron chi connectivity index (χ1n) is 6.00. The molecule has 17 heavy (non-hydrogen) atoms. The van der Waals surface area contributed by atoms with E-state index in [4.69, 9.17) is 12.2 Å². The molecule has 0 saturated heterocycles. The largest absolute Gasteiger partial charge is 0.362 e. The molecule has 0 unspecified atom stereocenters. The minimum Gasteiger partial charge on any atom is -0.362 e. The van der Waals surface area contributed by atoms with Crippen LogP contribution in [-0.4, -0.2) is 18.7 Å². The average molecular weight is 250 g/mol. The van der Waals surface area contributed by atoms with Crippen molar-refractivity contribution in [1.82, 2.24) is 5.32 Å². The summed E-state index contributed by atoms with van der Waals surface area (Å²) in [6.07, 6.45) is 0. The van der Waals surface area contributed by atoms with Crippen LogP contribution in [-0.2, 0) is 0 Å². The average Bonchev–Trinajstić information content (AvgIpc) is 2.23. The van der Waals surface area contributed by atoms with E-state index in [2.05, 4.69) is 51.2 Å².